The van der Waals surface area contributed by atoms with Crippen molar-refractivity contribution in [3.05, 3.63) is 398 Å². The molecule has 0 atom stereocenters. The molecule has 12 aromatic rings. The Morgan fingerprint density at radius 2 is 0.441 bits per heavy atom. The molecule has 0 amide bonds. The SMILES string of the molecule is COC(=O)/C(=C(/O)C/C(O)=C(\C(=O)OC)[PH+](c1ccccc1)c1ccccc1)[PH+](c1ccccc1)c1ccccc1.[Ni].[Ni].[c-]1ccccc1.[c-]1ccccc1.c1ccc([PH+](c2ccccc2)c2ccccc2)cc1.c1ccc([PH+](c2ccccc2)c2ccccc2)cc1. The van der Waals surface area contributed by atoms with E-state index in [1.165, 1.54) is 46.0 Å². The maximum Gasteiger partial charge on any atom is 0.377 e. The summed E-state index contributed by atoms with van der Waals surface area (Å²) in [5.41, 5.74) is 0. The van der Waals surface area contributed by atoms with Gasteiger partial charge in [-0.05, 0) is 121 Å². The van der Waals surface area contributed by atoms with Crippen molar-refractivity contribution in [2.75, 3.05) is 14.2 Å². The van der Waals surface area contributed by atoms with Gasteiger partial charge in [-0.25, -0.2) is 9.59 Å². The van der Waals surface area contributed by atoms with Crippen molar-refractivity contribution in [2.24, 2.45) is 0 Å². The Bertz CT molecular complexity index is 3440. The molecule has 0 saturated heterocycles. The van der Waals surface area contributed by atoms with Gasteiger partial charge in [0.15, 0.2) is 11.5 Å². The van der Waals surface area contributed by atoms with Crippen molar-refractivity contribution in [3.63, 3.8) is 0 Å². The van der Waals surface area contributed by atoms with Crippen LogP contribution in [0, 0.1) is 12.1 Å². The van der Waals surface area contributed by atoms with Crippen LogP contribution in [0.2, 0.25) is 0 Å². The molecule has 0 heterocycles. The van der Waals surface area contributed by atoms with Crippen molar-refractivity contribution in [3.8, 4) is 0 Å². The number of aliphatic hydroxyl groups excluding tert-OH is 2. The number of benzene rings is 12. The molecule has 6 nitrogen and oxygen atoms in total. The van der Waals surface area contributed by atoms with Gasteiger partial charge >= 0.3 is 11.9 Å². The maximum atomic E-state index is 13.3. The number of hydrogen-bond acceptors (Lipinski definition) is 6. The summed E-state index contributed by atoms with van der Waals surface area (Å²) in [4.78, 5) is 26.5. The minimum Gasteiger partial charge on any atom is -0.507 e. The zero-order valence-corrected chi connectivity index (χ0v) is 57.5. The number of aliphatic hydroxyl groups is 2. The number of carbonyl (C=O) groups is 2. The molecule has 12 aromatic carbocycles. The second-order valence-corrected chi connectivity index (χ2v) is 29.9. The number of esters is 2. The monoisotopic (exact) mass is 1380 g/mol. The first-order valence-electron chi connectivity index (χ1n) is 29.7. The first kappa shape index (κ1) is 73.4. The van der Waals surface area contributed by atoms with E-state index < -0.39 is 50.0 Å². The van der Waals surface area contributed by atoms with E-state index in [1.54, 1.807) is 0 Å². The normalized spacial score (nSPS) is 10.8. The van der Waals surface area contributed by atoms with Gasteiger partial charge in [0.2, 0.25) is 10.6 Å². The van der Waals surface area contributed by atoms with E-state index in [1.807, 2.05) is 182 Å². The van der Waals surface area contributed by atoms with E-state index in [4.69, 9.17) is 9.47 Å². The second-order valence-electron chi connectivity index (χ2n) is 20.1. The van der Waals surface area contributed by atoms with Crippen molar-refractivity contribution in [1.29, 1.82) is 0 Å². The molecule has 0 aliphatic rings. The Hall–Kier alpha value is -8.63. The third-order valence-corrected chi connectivity index (χ3v) is 25.1. The molecule has 12 rings (SSSR count). The molecule has 0 aromatic heterocycles. The molecule has 0 aliphatic carbocycles. The van der Waals surface area contributed by atoms with E-state index in [2.05, 4.69) is 194 Å². The Morgan fingerprint density at radius 3 is 0.581 bits per heavy atom. The van der Waals surface area contributed by atoms with Gasteiger partial charge in [-0.15, -0.1) is 0 Å². The molecule has 0 fully saturated rings. The molecule has 0 unspecified atom stereocenters. The van der Waals surface area contributed by atoms with E-state index in [0.717, 1.165) is 21.2 Å². The Kier molecular flexibility index (Phi) is 33.0. The van der Waals surface area contributed by atoms with Crippen LogP contribution < -0.4 is 53.0 Å². The van der Waals surface area contributed by atoms with Gasteiger partial charge in [0.1, 0.15) is 68.9 Å². The Labute approximate surface area is 573 Å². The van der Waals surface area contributed by atoms with E-state index in [0.29, 0.717) is 0 Å². The molecule has 0 radical (unpaired) electrons. The summed E-state index contributed by atoms with van der Waals surface area (Å²) < 4.78 is 10.3. The van der Waals surface area contributed by atoms with Crippen LogP contribution in [-0.2, 0) is 52.0 Å². The molecular formula is C81H74Ni2O6P4+2. The topological polar surface area (TPSA) is 93.1 Å². The first-order chi connectivity index (χ1) is 44.9. The van der Waals surface area contributed by atoms with E-state index in [-0.39, 0.29) is 55.1 Å². The van der Waals surface area contributed by atoms with Crippen LogP contribution in [0.15, 0.2) is 386 Å². The Balaban J connectivity index is 0.000000217. The molecule has 93 heavy (non-hydrogen) atoms. The Morgan fingerprint density at radius 1 is 0.280 bits per heavy atom. The predicted octanol–water partition coefficient (Wildman–Crippen LogP) is 14.3. The van der Waals surface area contributed by atoms with E-state index >= 15 is 0 Å². The summed E-state index contributed by atoms with van der Waals surface area (Å²) in [6, 6.07) is 128. The van der Waals surface area contributed by atoms with Crippen molar-refractivity contribution >= 4 is 96.7 Å². The average molecular weight is 1380 g/mol. The van der Waals surface area contributed by atoms with Gasteiger partial charge in [0.25, 0.3) is 0 Å². The van der Waals surface area contributed by atoms with Gasteiger partial charge in [-0.2, -0.15) is 72.8 Å². The fraction of sp³-hybridized carbons (Fsp3) is 0.0370. The summed E-state index contributed by atoms with van der Waals surface area (Å²) in [5.74, 6) is -2.12. The minimum absolute atomic E-state index is 0. The van der Waals surface area contributed by atoms with Gasteiger partial charge < -0.3 is 19.7 Å². The summed E-state index contributed by atoms with van der Waals surface area (Å²) in [7, 11) is -3.35. The summed E-state index contributed by atoms with van der Waals surface area (Å²) >= 11 is 0. The van der Waals surface area contributed by atoms with Crippen molar-refractivity contribution in [1.82, 2.24) is 0 Å². The zero-order valence-electron chi connectivity index (χ0n) is 51.5. The predicted molar refractivity (Wildman–Crippen MR) is 393 cm³/mol. The minimum atomic E-state index is -2.05. The zero-order chi connectivity index (χ0) is 63.5. The smallest absolute Gasteiger partial charge is 0.377 e. The molecule has 2 N–H and O–H groups in total. The van der Waals surface area contributed by atoms with Gasteiger partial charge in [0, 0.05) is 33.0 Å². The second kappa shape index (κ2) is 41.8. The number of methoxy groups -OCH3 is 2. The van der Waals surface area contributed by atoms with Crippen LogP contribution in [0.5, 0.6) is 0 Å². The van der Waals surface area contributed by atoms with Gasteiger partial charge in [0.05, 0.1) is 36.5 Å². The molecule has 12 heteroatoms. The van der Waals surface area contributed by atoms with Crippen LogP contribution in [-0.4, -0.2) is 36.4 Å². The largest absolute Gasteiger partial charge is 0.507 e. The third-order valence-electron chi connectivity index (χ3n) is 14.0. The summed E-state index contributed by atoms with van der Waals surface area (Å²) in [5, 5.41) is 35.3. The maximum absolute atomic E-state index is 13.3. The third kappa shape index (κ3) is 22.9. The van der Waals surface area contributed by atoms with Crippen LogP contribution in [0.1, 0.15) is 6.42 Å². The fourth-order valence-electron chi connectivity index (χ4n) is 9.91. The summed E-state index contributed by atoms with van der Waals surface area (Å²) in [6.07, 6.45) is -0.448. The van der Waals surface area contributed by atoms with Gasteiger partial charge in [-0.3, -0.25) is 0 Å². The standard InChI is InChI=1S/C33H30O6P2.2C18H15P.2C6H5.2Ni/c1-38-32(36)30(40(24-15-7-3-8-16-24)25-17-9-4-10-18-25)28(34)23-29(35)31(33(37)39-2)41(26-19-11-5-12-20-26)27-21-13-6-14-22-27;2*1-4-10-16(11-5-1)19(17-12-6-2-7-13-17)18-14-8-3-9-15-18;2*1-2-4-6-5-3-1;;/h3-22,34-35H,23H2,1-2H3;2*1-15H;2*1-5H;;/q;;;2*-1;;/p+4/b30-28-,31-29-;;;;;;. The molecule has 0 aliphatic heterocycles. The fourth-order valence-corrected chi connectivity index (χ4v) is 20.4. The number of hydrogen-bond donors (Lipinski definition) is 2. The number of carbonyl (C=O) groups excluding carboxylic acids is 2. The average Bonchev–Trinajstić information content (AvgIpc) is 0.878. The van der Waals surface area contributed by atoms with Crippen molar-refractivity contribution < 1.29 is 62.3 Å². The van der Waals surface area contributed by atoms with Crippen LogP contribution in [0.25, 0.3) is 0 Å². The molecule has 0 spiro atoms. The van der Waals surface area contributed by atoms with Crippen LogP contribution >= 0.6 is 31.7 Å². The number of ether oxygens (including phenoxy) is 2. The summed E-state index contributed by atoms with van der Waals surface area (Å²) in [6.45, 7) is 0. The quantitative estimate of drug-likeness (QED) is 0.0250. The molecule has 0 saturated carbocycles. The van der Waals surface area contributed by atoms with E-state index in [9.17, 15) is 19.8 Å². The first-order valence-corrected chi connectivity index (χ1v) is 35.7. The van der Waals surface area contributed by atoms with Gasteiger partial charge in [-0.1, -0.05) is 182 Å². The van der Waals surface area contributed by atoms with Crippen LogP contribution in [0.3, 0.4) is 0 Å². The number of rotatable bonds is 16. The molecular weight excluding hydrogens is 1310 g/mol. The van der Waals surface area contributed by atoms with Crippen LogP contribution in [0.4, 0.5) is 0 Å². The van der Waals surface area contributed by atoms with Crippen molar-refractivity contribution in [2.45, 2.75) is 6.42 Å². The molecule has 472 valence electrons. The molecule has 0 bridgehead atoms.